The van der Waals surface area contributed by atoms with E-state index in [0.29, 0.717) is 0 Å². The van der Waals surface area contributed by atoms with E-state index in [4.69, 9.17) is 0 Å². The van der Waals surface area contributed by atoms with E-state index < -0.39 is 0 Å². The standard InChI is InChI=1S/C34H60N2/c1-5-36(6-2)32-23-19-30(20-24-32)34(29-17-21-31(22-18-29)35(3)4)26-25-33(27-13-9-7-10-14-27)28-15-11-8-12-16-28/h25-32H,5-24H2,1-4H3/b34-26-. The molecule has 2 nitrogen and oxygen atoms in total. The highest BCUT2D eigenvalue weighted by Crippen LogP contribution is 2.43. The smallest absolute Gasteiger partial charge is 0.00954 e. The second-order valence-corrected chi connectivity index (χ2v) is 13.2. The van der Waals surface area contributed by atoms with Crippen molar-refractivity contribution < 1.29 is 0 Å². The summed E-state index contributed by atoms with van der Waals surface area (Å²) in [7, 11) is 4.58. The topological polar surface area (TPSA) is 6.48 Å². The minimum Gasteiger partial charge on any atom is -0.306 e. The van der Waals surface area contributed by atoms with E-state index in [1.165, 1.54) is 129 Å². The molecule has 0 bridgehead atoms. The summed E-state index contributed by atoms with van der Waals surface area (Å²) < 4.78 is 0. The van der Waals surface area contributed by atoms with Gasteiger partial charge in [0.1, 0.15) is 0 Å². The van der Waals surface area contributed by atoms with E-state index in [1.807, 2.05) is 11.1 Å². The van der Waals surface area contributed by atoms with Crippen molar-refractivity contribution in [2.75, 3.05) is 27.2 Å². The van der Waals surface area contributed by atoms with Gasteiger partial charge in [-0.2, -0.15) is 0 Å². The summed E-state index contributed by atoms with van der Waals surface area (Å²) in [6.07, 6.45) is 31.5. The summed E-state index contributed by atoms with van der Waals surface area (Å²) in [5.41, 5.74) is 3.78. The highest BCUT2D eigenvalue weighted by Gasteiger charge is 2.32. The van der Waals surface area contributed by atoms with Crippen LogP contribution < -0.4 is 0 Å². The zero-order valence-electron chi connectivity index (χ0n) is 24.7. The molecule has 4 aliphatic rings. The van der Waals surface area contributed by atoms with E-state index in [2.05, 4.69) is 49.9 Å². The van der Waals surface area contributed by atoms with Crippen LogP contribution in [0.15, 0.2) is 23.3 Å². The Morgan fingerprint density at radius 1 is 0.500 bits per heavy atom. The lowest BCUT2D eigenvalue weighted by atomic mass is 9.70. The summed E-state index contributed by atoms with van der Waals surface area (Å²) in [6.45, 7) is 7.15. The Morgan fingerprint density at radius 2 is 0.861 bits per heavy atom. The minimum atomic E-state index is 0.802. The molecule has 36 heavy (non-hydrogen) atoms. The zero-order chi connectivity index (χ0) is 25.3. The minimum absolute atomic E-state index is 0.802. The van der Waals surface area contributed by atoms with Gasteiger partial charge in [0.15, 0.2) is 0 Å². The molecule has 4 aliphatic carbocycles. The van der Waals surface area contributed by atoms with Gasteiger partial charge in [-0.25, -0.2) is 0 Å². The summed E-state index contributed by atoms with van der Waals surface area (Å²) in [5.74, 6) is 3.46. The van der Waals surface area contributed by atoms with E-state index in [0.717, 1.165) is 35.8 Å². The van der Waals surface area contributed by atoms with Gasteiger partial charge >= 0.3 is 0 Å². The predicted octanol–water partition coefficient (Wildman–Crippen LogP) is 9.02. The first-order chi connectivity index (χ1) is 17.6. The molecule has 0 aromatic heterocycles. The first-order valence-electron chi connectivity index (χ1n) is 16.4. The number of rotatable bonds is 9. The molecule has 4 rings (SSSR count). The van der Waals surface area contributed by atoms with Gasteiger partial charge in [-0.1, -0.05) is 75.7 Å². The molecule has 0 aromatic rings. The highest BCUT2D eigenvalue weighted by molar-refractivity contribution is 5.26. The summed E-state index contributed by atoms with van der Waals surface area (Å²) in [4.78, 5) is 5.21. The Labute approximate surface area is 225 Å². The number of allylic oxidation sites excluding steroid dienone is 4. The predicted molar refractivity (Wildman–Crippen MR) is 157 cm³/mol. The van der Waals surface area contributed by atoms with Crippen molar-refractivity contribution in [1.82, 2.24) is 9.80 Å². The maximum Gasteiger partial charge on any atom is 0.00954 e. The van der Waals surface area contributed by atoms with E-state index in [-0.39, 0.29) is 0 Å². The number of hydrogen-bond donors (Lipinski definition) is 0. The first-order valence-corrected chi connectivity index (χ1v) is 16.4. The SMILES string of the molecule is CCN(CC)C1CCC(/C(=C\C=C(C2CCCCC2)C2CCCCC2)C2CCC(N(C)C)CC2)CC1. The van der Waals surface area contributed by atoms with Crippen LogP contribution in [0.25, 0.3) is 0 Å². The average Bonchev–Trinajstić information content (AvgIpc) is 2.93. The third-order valence-electron chi connectivity index (χ3n) is 11.0. The zero-order valence-corrected chi connectivity index (χ0v) is 24.7. The summed E-state index contributed by atoms with van der Waals surface area (Å²) >= 11 is 0. The highest BCUT2D eigenvalue weighted by atomic mass is 15.1. The van der Waals surface area contributed by atoms with Crippen LogP contribution in [0.3, 0.4) is 0 Å². The van der Waals surface area contributed by atoms with Crippen molar-refractivity contribution in [3.8, 4) is 0 Å². The van der Waals surface area contributed by atoms with Crippen molar-refractivity contribution in [1.29, 1.82) is 0 Å². The lowest BCUT2D eigenvalue weighted by Crippen LogP contribution is -2.38. The molecule has 0 spiro atoms. The molecular formula is C34H60N2. The summed E-state index contributed by atoms with van der Waals surface area (Å²) in [6, 6.07) is 1.63. The molecule has 0 aliphatic heterocycles. The Bertz CT molecular complexity index is 654. The molecule has 4 saturated carbocycles. The van der Waals surface area contributed by atoms with Crippen molar-refractivity contribution in [2.24, 2.45) is 23.7 Å². The lowest BCUT2D eigenvalue weighted by Gasteiger charge is -2.40. The quantitative estimate of drug-likeness (QED) is 0.294. The molecule has 0 amide bonds. The molecule has 2 heteroatoms. The van der Waals surface area contributed by atoms with Crippen LogP contribution in [0, 0.1) is 23.7 Å². The molecule has 206 valence electrons. The summed E-state index contributed by atoms with van der Waals surface area (Å²) in [5, 5.41) is 0. The Hall–Kier alpha value is -0.600. The molecule has 0 N–H and O–H groups in total. The van der Waals surface area contributed by atoms with Gasteiger partial charge in [0.2, 0.25) is 0 Å². The van der Waals surface area contributed by atoms with Crippen LogP contribution in [0.1, 0.15) is 129 Å². The first kappa shape index (κ1) is 28.4. The van der Waals surface area contributed by atoms with Crippen LogP contribution >= 0.6 is 0 Å². The Balaban J connectivity index is 1.55. The second-order valence-electron chi connectivity index (χ2n) is 13.2. The fourth-order valence-electron chi connectivity index (χ4n) is 8.72. The molecule has 0 unspecified atom stereocenters. The fourth-order valence-corrected chi connectivity index (χ4v) is 8.72. The average molecular weight is 497 g/mol. The van der Waals surface area contributed by atoms with Gasteiger partial charge in [0.25, 0.3) is 0 Å². The molecule has 0 heterocycles. The molecule has 0 atom stereocenters. The fraction of sp³-hybridized carbons (Fsp3) is 0.882. The van der Waals surface area contributed by atoms with Crippen LogP contribution in [0.5, 0.6) is 0 Å². The van der Waals surface area contributed by atoms with Crippen molar-refractivity contribution in [3.63, 3.8) is 0 Å². The van der Waals surface area contributed by atoms with Gasteiger partial charge in [-0.15, -0.1) is 0 Å². The largest absolute Gasteiger partial charge is 0.306 e. The molecule has 4 fully saturated rings. The van der Waals surface area contributed by atoms with E-state index >= 15 is 0 Å². The molecule has 0 radical (unpaired) electrons. The van der Waals surface area contributed by atoms with Gasteiger partial charge < -0.3 is 9.80 Å². The monoisotopic (exact) mass is 496 g/mol. The third-order valence-corrected chi connectivity index (χ3v) is 11.0. The normalized spacial score (nSPS) is 31.7. The maximum absolute atomic E-state index is 2.77. The van der Waals surface area contributed by atoms with Crippen LogP contribution in [0.4, 0.5) is 0 Å². The van der Waals surface area contributed by atoms with Crippen molar-refractivity contribution >= 4 is 0 Å². The third kappa shape index (κ3) is 7.49. The second kappa shape index (κ2) is 14.5. The van der Waals surface area contributed by atoms with Crippen LogP contribution in [0.2, 0.25) is 0 Å². The van der Waals surface area contributed by atoms with Crippen LogP contribution in [-0.2, 0) is 0 Å². The number of hydrogen-bond acceptors (Lipinski definition) is 2. The Kier molecular flexibility index (Phi) is 11.5. The molecule has 0 saturated heterocycles. The van der Waals surface area contributed by atoms with E-state index in [1.54, 1.807) is 0 Å². The van der Waals surface area contributed by atoms with Crippen LogP contribution in [-0.4, -0.2) is 49.1 Å². The number of nitrogens with zero attached hydrogens (tertiary/aromatic N) is 2. The Morgan fingerprint density at radius 3 is 1.22 bits per heavy atom. The lowest BCUT2D eigenvalue weighted by molar-refractivity contribution is 0.149. The maximum atomic E-state index is 2.77. The molecule has 0 aromatic carbocycles. The van der Waals surface area contributed by atoms with E-state index in [9.17, 15) is 0 Å². The van der Waals surface area contributed by atoms with Gasteiger partial charge in [0.05, 0.1) is 0 Å². The van der Waals surface area contributed by atoms with Gasteiger partial charge in [-0.05, 0) is 128 Å². The van der Waals surface area contributed by atoms with Crippen molar-refractivity contribution in [2.45, 2.75) is 142 Å². The van der Waals surface area contributed by atoms with Crippen molar-refractivity contribution in [3.05, 3.63) is 23.3 Å². The van der Waals surface area contributed by atoms with Gasteiger partial charge in [0, 0.05) is 12.1 Å². The molecular weight excluding hydrogens is 436 g/mol. The van der Waals surface area contributed by atoms with Gasteiger partial charge in [-0.3, -0.25) is 0 Å².